The normalized spacial score (nSPS) is 23.2. The second kappa shape index (κ2) is 6.71. The van der Waals surface area contributed by atoms with Crippen LogP contribution in [0.3, 0.4) is 0 Å². The van der Waals surface area contributed by atoms with Gasteiger partial charge in [0.05, 0.1) is 21.8 Å². The summed E-state index contributed by atoms with van der Waals surface area (Å²) in [6, 6.07) is 2.75. The van der Waals surface area contributed by atoms with Crippen LogP contribution in [0.4, 0.5) is 5.69 Å². The van der Waals surface area contributed by atoms with E-state index in [1.165, 1.54) is 12.1 Å². The van der Waals surface area contributed by atoms with Gasteiger partial charge in [-0.05, 0) is 43.7 Å². The number of nitrogens with one attached hydrogen (secondary N) is 1. The van der Waals surface area contributed by atoms with Crippen LogP contribution < -0.4 is 10.5 Å². The number of sulfonamides is 1. The molecule has 1 aliphatic carbocycles. The Labute approximate surface area is 134 Å². The molecule has 1 fully saturated rings. The topological polar surface area (TPSA) is 92.4 Å². The fourth-order valence-electron chi connectivity index (χ4n) is 2.41. The average Bonchev–Trinajstić information content (AvgIpc) is 2.44. The quantitative estimate of drug-likeness (QED) is 0.725. The maximum absolute atomic E-state index is 12.3. The summed E-state index contributed by atoms with van der Waals surface area (Å²) in [4.78, 5) is -0.0677. The first-order chi connectivity index (χ1) is 9.81. The van der Waals surface area contributed by atoms with Crippen LogP contribution in [0.25, 0.3) is 0 Å². The van der Waals surface area contributed by atoms with E-state index in [4.69, 9.17) is 28.9 Å². The zero-order valence-electron chi connectivity index (χ0n) is 11.4. The van der Waals surface area contributed by atoms with Crippen LogP contribution in [0.2, 0.25) is 10.0 Å². The number of hydrogen-bond acceptors (Lipinski definition) is 4. The Morgan fingerprint density at radius 3 is 2.48 bits per heavy atom. The smallest absolute Gasteiger partial charge is 0.242 e. The van der Waals surface area contributed by atoms with Crippen molar-refractivity contribution in [2.45, 2.75) is 36.7 Å². The Morgan fingerprint density at radius 1 is 1.24 bits per heavy atom. The van der Waals surface area contributed by atoms with Gasteiger partial charge in [-0.1, -0.05) is 23.2 Å². The van der Waals surface area contributed by atoms with Crippen molar-refractivity contribution in [2.24, 2.45) is 5.92 Å². The van der Waals surface area contributed by atoms with Crippen molar-refractivity contribution in [2.75, 3.05) is 12.3 Å². The molecule has 4 N–H and O–H groups in total. The predicted molar refractivity (Wildman–Crippen MR) is 84.0 cm³/mol. The summed E-state index contributed by atoms with van der Waals surface area (Å²) in [5.41, 5.74) is 5.71. The highest BCUT2D eigenvalue weighted by Gasteiger charge is 2.24. The first-order valence-electron chi connectivity index (χ1n) is 6.72. The van der Waals surface area contributed by atoms with Crippen LogP contribution in [0.15, 0.2) is 17.0 Å². The van der Waals surface area contributed by atoms with Gasteiger partial charge in [0.1, 0.15) is 4.90 Å². The van der Waals surface area contributed by atoms with Gasteiger partial charge in [-0.3, -0.25) is 0 Å². The van der Waals surface area contributed by atoms with Gasteiger partial charge in [0, 0.05) is 6.54 Å². The molecular formula is C13H18Cl2N2O3S. The Kier molecular flexibility index (Phi) is 5.38. The molecule has 0 bridgehead atoms. The van der Waals surface area contributed by atoms with E-state index in [0.29, 0.717) is 19.4 Å². The number of benzene rings is 1. The molecule has 2 rings (SSSR count). The maximum atomic E-state index is 12.3. The third-order valence-corrected chi connectivity index (χ3v) is 6.07. The molecule has 8 heteroatoms. The summed E-state index contributed by atoms with van der Waals surface area (Å²) in [6.07, 6.45) is 2.77. The third-order valence-electron chi connectivity index (χ3n) is 3.76. The summed E-state index contributed by atoms with van der Waals surface area (Å²) in [5, 5.41) is 9.60. The summed E-state index contributed by atoms with van der Waals surface area (Å²) >= 11 is 11.8. The molecule has 0 spiro atoms. The Balaban J connectivity index is 2.07. The van der Waals surface area contributed by atoms with E-state index in [0.717, 1.165) is 12.8 Å². The van der Waals surface area contributed by atoms with E-state index in [9.17, 15) is 13.5 Å². The van der Waals surface area contributed by atoms with Gasteiger partial charge in [0.2, 0.25) is 10.0 Å². The van der Waals surface area contributed by atoms with Crippen molar-refractivity contribution >= 4 is 38.9 Å². The molecule has 0 atom stereocenters. The van der Waals surface area contributed by atoms with E-state index >= 15 is 0 Å². The molecule has 0 saturated heterocycles. The van der Waals surface area contributed by atoms with Crippen molar-refractivity contribution in [3.8, 4) is 0 Å². The number of hydrogen-bond donors (Lipinski definition) is 3. The highest BCUT2D eigenvalue weighted by atomic mass is 35.5. The van der Waals surface area contributed by atoms with E-state index < -0.39 is 10.0 Å². The lowest BCUT2D eigenvalue weighted by atomic mass is 9.88. The molecule has 0 unspecified atom stereocenters. The number of nitrogens with two attached hydrogens (primary N) is 1. The highest BCUT2D eigenvalue weighted by Crippen LogP contribution is 2.33. The van der Waals surface area contributed by atoms with Crippen LogP contribution in [-0.2, 0) is 10.0 Å². The van der Waals surface area contributed by atoms with Gasteiger partial charge < -0.3 is 10.8 Å². The third kappa shape index (κ3) is 4.02. The van der Waals surface area contributed by atoms with Crippen molar-refractivity contribution in [3.63, 3.8) is 0 Å². The second-order valence-electron chi connectivity index (χ2n) is 5.30. The highest BCUT2D eigenvalue weighted by molar-refractivity contribution is 7.89. The first-order valence-corrected chi connectivity index (χ1v) is 8.96. The number of aliphatic hydroxyl groups is 1. The van der Waals surface area contributed by atoms with Crippen LogP contribution in [0.1, 0.15) is 25.7 Å². The zero-order chi connectivity index (χ0) is 15.6. The zero-order valence-corrected chi connectivity index (χ0v) is 13.7. The molecule has 0 aliphatic heterocycles. The minimum Gasteiger partial charge on any atom is -0.396 e. The van der Waals surface area contributed by atoms with Gasteiger partial charge in [0.25, 0.3) is 0 Å². The minimum atomic E-state index is -3.73. The Bertz CT molecular complexity index is 614. The molecule has 5 nitrogen and oxygen atoms in total. The maximum Gasteiger partial charge on any atom is 0.242 e. The molecule has 1 aromatic carbocycles. The molecule has 1 aliphatic rings. The van der Waals surface area contributed by atoms with Gasteiger partial charge in [-0.2, -0.15) is 0 Å². The summed E-state index contributed by atoms with van der Waals surface area (Å²) in [6.45, 7) is 0.327. The van der Waals surface area contributed by atoms with Gasteiger partial charge in [-0.25, -0.2) is 13.1 Å². The number of nitrogen functional groups attached to an aromatic ring is 1. The van der Waals surface area contributed by atoms with Crippen LogP contribution in [-0.4, -0.2) is 26.2 Å². The molecule has 0 aromatic heterocycles. The molecule has 1 saturated carbocycles. The monoisotopic (exact) mass is 352 g/mol. The average molecular weight is 353 g/mol. The minimum absolute atomic E-state index is 0.0574. The van der Waals surface area contributed by atoms with Crippen LogP contribution in [0, 0.1) is 5.92 Å². The van der Waals surface area contributed by atoms with Gasteiger partial charge in [-0.15, -0.1) is 0 Å². The molecule has 1 aromatic rings. The molecule has 118 valence electrons. The molecule has 0 amide bonds. The van der Waals surface area contributed by atoms with E-state index in [1.807, 2.05) is 0 Å². The van der Waals surface area contributed by atoms with Crippen LogP contribution in [0.5, 0.6) is 0 Å². The van der Waals surface area contributed by atoms with Gasteiger partial charge >= 0.3 is 0 Å². The first kappa shape index (κ1) is 16.8. The fourth-order valence-corrected chi connectivity index (χ4v) is 4.29. The summed E-state index contributed by atoms with van der Waals surface area (Å²) < 4.78 is 27.1. The molecule has 0 radical (unpaired) electrons. The Hall–Kier alpha value is -0.530. The molecule has 0 heterocycles. The lowest BCUT2D eigenvalue weighted by molar-refractivity contribution is 0.109. The van der Waals surface area contributed by atoms with Crippen LogP contribution >= 0.6 is 23.2 Å². The fraction of sp³-hybridized carbons (Fsp3) is 0.538. The van der Waals surface area contributed by atoms with Crippen molar-refractivity contribution in [1.82, 2.24) is 4.72 Å². The second-order valence-corrected chi connectivity index (χ2v) is 7.82. The number of halogens is 2. The lowest BCUT2D eigenvalue weighted by Crippen LogP contribution is -2.32. The summed E-state index contributed by atoms with van der Waals surface area (Å²) in [7, 11) is -3.73. The largest absolute Gasteiger partial charge is 0.396 e. The van der Waals surface area contributed by atoms with E-state index in [2.05, 4.69) is 4.72 Å². The number of aliphatic hydroxyl groups excluding tert-OH is 1. The Morgan fingerprint density at radius 2 is 1.86 bits per heavy atom. The number of anilines is 1. The molecular weight excluding hydrogens is 335 g/mol. The van der Waals surface area contributed by atoms with Crippen molar-refractivity contribution < 1.29 is 13.5 Å². The van der Waals surface area contributed by atoms with E-state index in [1.54, 1.807) is 0 Å². The summed E-state index contributed by atoms with van der Waals surface area (Å²) in [5.74, 6) is 0.228. The number of rotatable bonds is 4. The molecule has 21 heavy (non-hydrogen) atoms. The van der Waals surface area contributed by atoms with E-state index in [-0.39, 0.29) is 32.7 Å². The SMILES string of the molecule is Nc1c(Cl)ccc(S(=O)(=O)NCC2CCC(O)CC2)c1Cl. The van der Waals surface area contributed by atoms with Gasteiger partial charge in [0.15, 0.2) is 0 Å². The van der Waals surface area contributed by atoms with Crippen molar-refractivity contribution in [1.29, 1.82) is 0 Å². The van der Waals surface area contributed by atoms with Crippen molar-refractivity contribution in [3.05, 3.63) is 22.2 Å². The standard InChI is InChI=1S/C13H18Cl2N2O3S/c14-10-5-6-11(12(15)13(10)16)21(19,20)17-7-8-1-3-9(18)4-2-8/h5-6,8-9,17-18H,1-4,7,16H2. The predicted octanol–water partition coefficient (Wildman–Crippen LogP) is 2.41. The lowest BCUT2D eigenvalue weighted by Gasteiger charge is -2.25.